The van der Waals surface area contributed by atoms with E-state index in [4.69, 9.17) is 11.6 Å². The van der Waals surface area contributed by atoms with Crippen LogP contribution < -0.4 is 0 Å². The number of aryl methyl sites for hydroxylation is 2. The van der Waals surface area contributed by atoms with Gasteiger partial charge < -0.3 is 4.90 Å². The Kier molecular flexibility index (Phi) is 4.50. The molecule has 3 aromatic rings. The molecule has 1 atom stereocenters. The third-order valence-corrected chi connectivity index (χ3v) is 6.97. The van der Waals surface area contributed by atoms with Gasteiger partial charge in [-0.3, -0.25) is 9.48 Å². The number of hydrogen-bond donors (Lipinski definition) is 0. The van der Waals surface area contributed by atoms with Gasteiger partial charge in [-0.1, -0.05) is 18.2 Å². The fourth-order valence-electron chi connectivity index (χ4n) is 3.58. The summed E-state index contributed by atoms with van der Waals surface area (Å²) < 4.78 is 2.61. The number of rotatable bonds is 3. The largest absolute Gasteiger partial charge is 0.333 e. The second-order valence-electron chi connectivity index (χ2n) is 6.41. The number of amides is 1. The summed E-state index contributed by atoms with van der Waals surface area (Å²) in [5.41, 5.74) is 4.61. The Morgan fingerprint density at radius 1 is 1.46 bits per heavy atom. The van der Waals surface area contributed by atoms with E-state index in [2.05, 4.69) is 35.4 Å². The molecule has 0 saturated carbocycles. The molecule has 0 spiro atoms. The van der Waals surface area contributed by atoms with Gasteiger partial charge in [0.15, 0.2) is 0 Å². The first-order valence-electron chi connectivity index (χ1n) is 8.25. The van der Waals surface area contributed by atoms with Crippen LogP contribution >= 0.6 is 34.3 Å². The second-order valence-corrected chi connectivity index (χ2v) is 9.10. The van der Waals surface area contributed by atoms with Crippen LogP contribution in [-0.2, 0) is 18.4 Å². The Hall–Kier alpha value is -1.89. The van der Waals surface area contributed by atoms with E-state index in [0.717, 1.165) is 20.5 Å². The van der Waals surface area contributed by atoms with E-state index in [1.807, 2.05) is 23.6 Å². The zero-order valence-corrected chi connectivity index (χ0v) is 16.9. The Morgan fingerprint density at radius 3 is 2.96 bits per heavy atom. The lowest BCUT2D eigenvalue weighted by Crippen LogP contribution is -2.36. The smallest absolute Gasteiger partial charge is 0.246 e. The normalized spacial score (nSPS) is 16.6. The van der Waals surface area contributed by atoms with Crippen molar-refractivity contribution in [1.29, 1.82) is 0 Å². The summed E-state index contributed by atoms with van der Waals surface area (Å²) in [4.78, 5) is 16.5. The summed E-state index contributed by atoms with van der Waals surface area (Å²) in [6.07, 6.45) is 3.44. The van der Waals surface area contributed by atoms with Crippen molar-refractivity contribution in [3.63, 3.8) is 0 Å². The first-order chi connectivity index (χ1) is 12.5. The molecule has 0 radical (unpaired) electrons. The van der Waals surface area contributed by atoms with Crippen LogP contribution in [-0.4, -0.2) is 27.1 Å². The van der Waals surface area contributed by atoms with Crippen molar-refractivity contribution >= 4 is 40.2 Å². The Labute approximate surface area is 165 Å². The molecular weight excluding hydrogens is 386 g/mol. The Morgan fingerprint density at radius 2 is 2.27 bits per heavy atom. The summed E-state index contributed by atoms with van der Waals surface area (Å²) in [5.74, 6) is 0.0618. The Balaban J connectivity index is 1.82. The average molecular weight is 404 g/mol. The van der Waals surface area contributed by atoms with Crippen molar-refractivity contribution in [1.82, 2.24) is 14.7 Å². The van der Waals surface area contributed by atoms with Crippen molar-refractivity contribution in [2.24, 2.45) is 7.05 Å². The predicted octanol–water partition coefficient (Wildman–Crippen LogP) is 4.83. The van der Waals surface area contributed by atoms with Crippen molar-refractivity contribution < 1.29 is 4.79 Å². The first kappa shape index (κ1) is 17.5. The van der Waals surface area contributed by atoms with Crippen LogP contribution in [0.4, 0.5) is 0 Å². The summed E-state index contributed by atoms with van der Waals surface area (Å²) in [7, 11) is 1.94. The predicted molar refractivity (Wildman–Crippen MR) is 108 cm³/mol. The molecule has 0 bridgehead atoms. The number of nitrogens with zero attached hydrogens (tertiary/aromatic N) is 3. The molecule has 0 saturated heterocycles. The van der Waals surface area contributed by atoms with Crippen LogP contribution in [0.25, 0.3) is 10.4 Å². The van der Waals surface area contributed by atoms with Gasteiger partial charge in [0, 0.05) is 41.0 Å². The van der Waals surface area contributed by atoms with Gasteiger partial charge >= 0.3 is 0 Å². The minimum Gasteiger partial charge on any atom is -0.333 e. The average Bonchev–Trinajstić information content (AvgIpc) is 3.30. The third kappa shape index (κ3) is 2.92. The SMILES string of the molecule is C=CC(=O)N1Cc2sc(Cl)cc2C(c2ccsc2-c2cn(C)nc2C)C1. The van der Waals surface area contributed by atoms with Crippen LogP contribution in [0, 0.1) is 6.92 Å². The zero-order valence-electron chi connectivity index (χ0n) is 14.5. The third-order valence-electron chi connectivity index (χ3n) is 4.74. The highest BCUT2D eigenvalue weighted by molar-refractivity contribution is 7.16. The number of carbonyl (C=O) groups is 1. The van der Waals surface area contributed by atoms with Gasteiger partial charge in [0.1, 0.15) is 0 Å². The van der Waals surface area contributed by atoms with Gasteiger partial charge in [-0.05, 0) is 41.6 Å². The van der Waals surface area contributed by atoms with Crippen LogP contribution in [0.5, 0.6) is 0 Å². The summed E-state index contributed by atoms with van der Waals surface area (Å²) in [6.45, 7) is 6.90. The first-order valence-corrected chi connectivity index (χ1v) is 10.3. The fourth-order valence-corrected chi connectivity index (χ4v) is 5.96. The second kappa shape index (κ2) is 6.68. The molecule has 0 N–H and O–H groups in total. The number of thiophene rings is 2. The molecule has 4 rings (SSSR count). The summed E-state index contributed by atoms with van der Waals surface area (Å²) in [5, 5.41) is 6.59. The van der Waals surface area contributed by atoms with Crippen molar-refractivity contribution in [2.75, 3.05) is 6.54 Å². The van der Waals surface area contributed by atoms with E-state index in [-0.39, 0.29) is 11.8 Å². The van der Waals surface area contributed by atoms with Crippen LogP contribution in [0.3, 0.4) is 0 Å². The monoisotopic (exact) mass is 403 g/mol. The topological polar surface area (TPSA) is 38.1 Å². The van der Waals surface area contributed by atoms with Crippen LogP contribution in [0.1, 0.15) is 27.6 Å². The quantitative estimate of drug-likeness (QED) is 0.587. The van der Waals surface area contributed by atoms with Gasteiger partial charge in [0.2, 0.25) is 5.91 Å². The van der Waals surface area contributed by atoms with E-state index >= 15 is 0 Å². The molecule has 0 aliphatic carbocycles. The highest BCUT2D eigenvalue weighted by atomic mass is 35.5. The highest BCUT2D eigenvalue weighted by Gasteiger charge is 2.32. The van der Waals surface area contributed by atoms with E-state index in [1.54, 1.807) is 22.7 Å². The molecule has 1 amide bonds. The zero-order chi connectivity index (χ0) is 18.4. The molecular formula is C19H18ClN3OS2. The molecule has 3 aromatic heterocycles. The highest BCUT2D eigenvalue weighted by Crippen LogP contribution is 2.44. The van der Waals surface area contributed by atoms with Crippen molar-refractivity contribution in [3.8, 4) is 10.4 Å². The van der Waals surface area contributed by atoms with E-state index in [9.17, 15) is 4.79 Å². The molecule has 4 nitrogen and oxygen atoms in total. The van der Waals surface area contributed by atoms with Crippen LogP contribution in [0.15, 0.2) is 36.4 Å². The van der Waals surface area contributed by atoms with Gasteiger partial charge in [-0.2, -0.15) is 5.10 Å². The van der Waals surface area contributed by atoms with E-state index in [0.29, 0.717) is 13.1 Å². The van der Waals surface area contributed by atoms with Gasteiger partial charge in [-0.15, -0.1) is 22.7 Å². The summed E-state index contributed by atoms with van der Waals surface area (Å²) >= 11 is 9.58. The molecule has 26 heavy (non-hydrogen) atoms. The molecule has 1 aliphatic heterocycles. The molecule has 134 valence electrons. The lowest BCUT2D eigenvalue weighted by atomic mass is 9.87. The van der Waals surface area contributed by atoms with Gasteiger partial charge in [0.25, 0.3) is 0 Å². The lowest BCUT2D eigenvalue weighted by Gasteiger charge is -2.32. The molecule has 1 aliphatic rings. The van der Waals surface area contributed by atoms with E-state index < -0.39 is 0 Å². The summed E-state index contributed by atoms with van der Waals surface area (Å²) in [6, 6.07) is 4.22. The number of hydrogen-bond acceptors (Lipinski definition) is 4. The molecule has 1 unspecified atom stereocenters. The number of fused-ring (bicyclic) bond motifs is 1. The maximum absolute atomic E-state index is 12.3. The standard InChI is InChI=1S/C19H18ClN3OS2/c1-4-18(24)23-9-15(13-7-17(20)26-16(13)10-23)12-5-6-25-19(12)14-8-22(3)21-11(14)2/h4-8,15H,1,9-10H2,2-3H3. The number of halogens is 1. The number of aromatic nitrogens is 2. The minimum absolute atomic E-state index is 0.0421. The lowest BCUT2D eigenvalue weighted by molar-refractivity contribution is -0.127. The van der Waals surface area contributed by atoms with Crippen molar-refractivity contribution in [3.05, 3.63) is 62.4 Å². The Bertz CT molecular complexity index is 1000. The van der Waals surface area contributed by atoms with E-state index in [1.165, 1.54) is 22.1 Å². The maximum atomic E-state index is 12.3. The molecule has 0 fully saturated rings. The maximum Gasteiger partial charge on any atom is 0.246 e. The molecule has 0 aromatic carbocycles. The minimum atomic E-state index is -0.0421. The van der Waals surface area contributed by atoms with Gasteiger partial charge in [0.05, 0.1) is 16.6 Å². The van der Waals surface area contributed by atoms with Crippen molar-refractivity contribution in [2.45, 2.75) is 19.4 Å². The molecule has 4 heterocycles. The number of carbonyl (C=O) groups excluding carboxylic acids is 1. The van der Waals surface area contributed by atoms with Crippen LogP contribution in [0.2, 0.25) is 4.34 Å². The van der Waals surface area contributed by atoms with Gasteiger partial charge in [-0.25, -0.2) is 0 Å². The fraction of sp³-hybridized carbons (Fsp3) is 0.263. The molecule has 7 heteroatoms.